The summed E-state index contributed by atoms with van der Waals surface area (Å²) in [5.74, 6) is 0.274. The third-order valence-corrected chi connectivity index (χ3v) is 4.70. The van der Waals surface area contributed by atoms with E-state index in [1.807, 2.05) is 34.8 Å². The summed E-state index contributed by atoms with van der Waals surface area (Å²) in [5, 5.41) is 4.40. The number of rotatable bonds is 5. The molecule has 24 heavy (non-hydrogen) atoms. The van der Waals surface area contributed by atoms with Gasteiger partial charge >= 0.3 is 0 Å². The Labute approximate surface area is 143 Å². The molecule has 1 saturated heterocycles. The predicted molar refractivity (Wildman–Crippen MR) is 94.6 cm³/mol. The molecule has 1 aromatic carbocycles. The van der Waals surface area contributed by atoms with Crippen molar-refractivity contribution in [3.63, 3.8) is 0 Å². The van der Waals surface area contributed by atoms with Crippen LogP contribution in [0.1, 0.15) is 23.2 Å². The Balaban J connectivity index is 1.44. The van der Waals surface area contributed by atoms with Crippen LogP contribution in [-0.4, -0.2) is 51.7 Å². The van der Waals surface area contributed by atoms with Gasteiger partial charge in [-0.1, -0.05) is 30.3 Å². The number of piperazine rings is 1. The molecule has 2 aromatic rings. The minimum Gasteiger partial charge on any atom is -0.340 e. The van der Waals surface area contributed by atoms with Gasteiger partial charge in [-0.25, -0.2) is 0 Å². The van der Waals surface area contributed by atoms with Crippen molar-refractivity contribution >= 4 is 5.91 Å². The molecule has 1 aliphatic rings. The van der Waals surface area contributed by atoms with Gasteiger partial charge in [-0.05, 0) is 18.9 Å². The summed E-state index contributed by atoms with van der Waals surface area (Å²) >= 11 is 0. The average Bonchev–Trinajstić information content (AvgIpc) is 2.91. The summed E-state index contributed by atoms with van der Waals surface area (Å²) < 4.78 is 1.87. The third-order valence-electron chi connectivity index (χ3n) is 4.70. The number of amides is 1. The van der Waals surface area contributed by atoms with E-state index in [0.29, 0.717) is 6.42 Å². The SMILES string of the molecule is Cc1nn(C)cc1CN1CCN(C(=O)CCc2ccccc2)CC1. The van der Waals surface area contributed by atoms with Gasteiger partial charge in [-0.3, -0.25) is 14.4 Å². The molecule has 0 aliphatic carbocycles. The van der Waals surface area contributed by atoms with E-state index in [4.69, 9.17) is 0 Å². The number of carbonyl (C=O) groups excluding carboxylic acids is 1. The van der Waals surface area contributed by atoms with E-state index in [-0.39, 0.29) is 5.91 Å². The summed E-state index contributed by atoms with van der Waals surface area (Å²) in [4.78, 5) is 16.8. The number of carbonyl (C=O) groups is 1. The summed E-state index contributed by atoms with van der Waals surface area (Å²) in [6, 6.07) is 10.2. The van der Waals surface area contributed by atoms with Crippen LogP contribution >= 0.6 is 0 Å². The quantitative estimate of drug-likeness (QED) is 0.844. The van der Waals surface area contributed by atoms with Crippen molar-refractivity contribution in [2.75, 3.05) is 26.2 Å². The molecule has 1 aliphatic heterocycles. The number of aryl methyl sites for hydroxylation is 3. The van der Waals surface area contributed by atoms with Gasteiger partial charge in [0.1, 0.15) is 0 Å². The first kappa shape index (κ1) is 16.7. The van der Waals surface area contributed by atoms with E-state index < -0.39 is 0 Å². The molecule has 0 spiro atoms. The molecule has 0 N–H and O–H groups in total. The molecule has 2 heterocycles. The van der Waals surface area contributed by atoms with Gasteiger partial charge in [0.25, 0.3) is 0 Å². The van der Waals surface area contributed by atoms with E-state index in [1.165, 1.54) is 11.1 Å². The maximum atomic E-state index is 12.4. The first-order chi connectivity index (χ1) is 11.6. The van der Waals surface area contributed by atoms with Crippen LogP contribution in [0.3, 0.4) is 0 Å². The predicted octanol–water partition coefficient (Wildman–Crippen LogP) is 2.01. The topological polar surface area (TPSA) is 41.4 Å². The number of aromatic nitrogens is 2. The van der Waals surface area contributed by atoms with Crippen molar-refractivity contribution in [3.8, 4) is 0 Å². The van der Waals surface area contributed by atoms with Crippen molar-refractivity contribution in [1.82, 2.24) is 19.6 Å². The average molecular weight is 326 g/mol. The van der Waals surface area contributed by atoms with Crippen LogP contribution in [0.15, 0.2) is 36.5 Å². The van der Waals surface area contributed by atoms with Gasteiger partial charge < -0.3 is 4.90 Å². The van der Waals surface area contributed by atoms with Crippen LogP contribution < -0.4 is 0 Å². The van der Waals surface area contributed by atoms with Crippen LogP contribution in [0.4, 0.5) is 0 Å². The molecule has 0 saturated carbocycles. The molecular weight excluding hydrogens is 300 g/mol. The Morgan fingerprint density at radius 3 is 2.46 bits per heavy atom. The van der Waals surface area contributed by atoms with Crippen molar-refractivity contribution in [2.45, 2.75) is 26.3 Å². The van der Waals surface area contributed by atoms with E-state index in [1.54, 1.807) is 0 Å². The molecular formula is C19H26N4O. The molecule has 0 bridgehead atoms. The van der Waals surface area contributed by atoms with Gasteiger partial charge in [0.05, 0.1) is 5.69 Å². The minimum atomic E-state index is 0.274. The Morgan fingerprint density at radius 2 is 1.83 bits per heavy atom. The molecule has 1 fully saturated rings. The van der Waals surface area contributed by atoms with Gasteiger partial charge in [-0.15, -0.1) is 0 Å². The Bertz CT molecular complexity index is 672. The molecule has 1 amide bonds. The van der Waals surface area contributed by atoms with E-state index in [0.717, 1.165) is 44.8 Å². The summed E-state index contributed by atoms with van der Waals surface area (Å²) in [6.45, 7) is 6.50. The van der Waals surface area contributed by atoms with Crippen molar-refractivity contribution < 1.29 is 4.79 Å². The molecule has 5 heteroatoms. The van der Waals surface area contributed by atoms with Gasteiger partial charge in [0.15, 0.2) is 0 Å². The number of benzene rings is 1. The fraction of sp³-hybridized carbons (Fsp3) is 0.474. The maximum absolute atomic E-state index is 12.4. The van der Waals surface area contributed by atoms with E-state index in [9.17, 15) is 4.79 Å². The molecule has 0 radical (unpaired) electrons. The van der Waals surface area contributed by atoms with Crippen molar-refractivity contribution in [2.24, 2.45) is 7.05 Å². The molecule has 5 nitrogen and oxygen atoms in total. The largest absolute Gasteiger partial charge is 0.340 e. The Morgan fingerprint density at radius 1 is 1.12 bits per heavy atom. The lowest BCUT2D eigenvalue weighted by Gasteiger charge is -2.34. The summed E-state index contributed by atoms with van der Waals surface area (Å²) in [5.41, 5.74) is 3.61. The first-order valence-corrected chi connectivity index (χ1v) is 8.65. The summed E-state index contributed by atoms with van der Waals surface area (Å²) in [6.07, 6.45) is 3.52. The number of hydrogen-bond donors (Lipinski definition) is 0. The highest BCUT2D eigenvalue weighted by molar-refractivity contribution is 5.76. The third kappa shape index (κ3) is 4.23. The summed E-state index contributed by atoms with van der Waals surface area (Å²) in [7, 11) is 1.96. The Hall–Kier alpha value is -2.14. The maximum Gasteiger partial charge on any atom is 0.222 e. The minimum absolute atomic E-state index is 0.274. The first-order valence-electron chi connectivity index (χ1n) is 8.65. The fourth-order valence-electron chi connectivity index (χ4n) is 3.25. The standard InChI is InChI=1S/C19H26N4O/c1-16-18(14-21(2)20-16)15-22-10-12-23(13-11-22)19(24)9-8-17-6-4-3-5-7-17/h3-7,14H,8-13,15H2,1-2H3. The highest BCUT2D eigenvalue weighted by Gasteiger charge is 2.21. The molecule has 128 valence electrons. The normalized spacial score (nSPS) is 15.7. The fourth-order valence-corrected chi connectivity index (χ4v) is 3.25. The molecule has 0 unspecified atom stereocenters. The number of nitrogens with zero attached hydrogens (tertiary/aromatic N) is 4. The van der Waals surface area contributed by atoms with Gasteiger partial charge in [0, 0.05) is 58.0 Å². The zero-order chi connectivity index (χ0) is 16.9. The van der Waals surface area contributed by atoms with Gasteiger partial charge in [-0.2, -0.15) is 5.10 Å². The number of hydrogen-bond acceptors (Lipinski definition) is 3. The van der Waals surface area contributed by atoms with Crippen LogP contribution in [0.25, 0.3) is 0 Å². The van der Waals surface area contributed by atoms with Crippen LogP contribution in [-0.2, 0) is 24.8 Å². The van der Waals surface area contributed by atoms with Crippen molar-refractivity contribution in [3.05, 3.63) is 53.3 Å². The highest BCUT2D eigenvalue weighted by Crippen LogP contribution is 2.12. The van der Waals surface area contributed by atoms with E-state index >= 15 is 0 Å². The second kappa shape index (κ2) is 7.62. The van der Waals surface area contributed by atoms with E-state index in [2.05, 4.69) is 35.3 Å². The second-order valence-electron chi connectivity index (χ2n) is 6.56. The monoisotopic (exact) mass is 326 g/mol. The molecule has 3 rings (SSSR count). The van der Waals surface area contributed by atoms with Gasteiger partial charge in [0.2, 0.25) is 5.91 Å². The zero-order valence-electron chi connectivity index (χ0n) is 14.6. The lowest BCUT2D eigenvalue weighted by Crippen LogP contribution is -2.48. The second-order valence-corrected chi connectivity index (χ2v) is 6.56. The Kier molecular flexibility index (Phi) is 5.30. The van der Waals surface area contributed by atoms with Crippen LogP contribution in [0, 0.1) is 6.92 Å². The smallest absolute Gasteiger partial charge is 0.222 e. The van der Waals surface area contributed by atoms with Crippen LogP contribution in [0.2, 0.25) is 0 Å². The molecule has 0 atom stereocenters. The highest BCUT2D eigenvalue weighted by atomic mass is 16.2. The molecule has 1 aromatic heterocycles. The lowest BCUT2D eigenvalue weighted by molar-refractivity contribution is -0.133. The van der Waals surface area contributed by atoms with Crippen molar-refractivity contribution in [1.29, 1.82) is 0 Å². The van der Waals surface area contributed by atoms with Crippen LogP contribution in [0.5, 0.6) is 0 Å². The lowest BCUT2D eigenvalue weighted by atomic mass is 10.1. The zero-order valence-corrected chi connectivity index (χ0v) is 14.6.